The highest BCUT2D eigenvalue weighted by atomic mass is 16.5. The van der Waals surface area contributed by atoms with Crippen molar-refractivity contribution in [3.8, 4) is 11.5 Å². The van der Waals surface area contributed by atoms with Gasteiger partial charge in [0.25, 0.3) is 0 Å². The van der Waals surface area contributed by atoms with Gasteiger partial charge >= 0.3 is 6.03 Å². The number of rotatable bonds is 5. The summed E-state index contributed by atoms with van der Waals surface area (Å²) in [5.41, 5.74) is 1.59. The number of anilines is 1. The average molecular weight is 286 g/mol. The number of urea groups is 1. The van der Waals surface area contributed by atoms with Crippen LogP contribution in [0.1, 0.15) is 5.56 Å². The van der Waals surface area contributed by atoms with Crippen molar-refractivity contribution in [2.24, 2.45) is 0 Å². The van der Waals surface area contributed by atoms with Gasteiger partial charge in [-0.05, 0) is 18.2 Å². The zero-order valence-corrected chi connectivity index (χ0v) is 12.1. The molecule has 0 aliphatic rings. The number of benzene rings is 2. The zero-order chi connectivity index (χ0) is 15.1. The minimum absolute atomic E-state index is 0.283. The van der Waals surface area contributed by atoms with Crippen molar-refractivity contribution in [1.29, 1.82) is 0 Å². The molecule has 0 saturated carbocycles. The molecule has 0 aromatic heterocycles. The van der Waals surface area contributed by atoms with Gasteiger partial charge in [0.2, 0.25) is 0 Å². The highest BCUT2D eigenvalue weighted by molar-refractivity contribution is 5.89. The van der Waals surface area contributed by atoms with Gasteiger partial charge in [-0.25, -0.2) is 4.79 Å². The fourth-order valence-corrected chi connectivity index (χ4v) is 1.90. The van der Waals surface area contributed by atoms with Crippen LogP contribution >= 0.6 is 0 Å². The summed E-state index contributed by atoms with van der Waals surface area (Å²) in [5.74, 6) is 1.44. The molecule has 0 aliphatic heterocycles. The fraction of sp³-hybridized carbons (Fsp3) is 0.188. The van der Waals surface area contributed by atoms with Crippen LogP contribution in [0, 0.1) is 0 Å². The lowest BCUT2D eigenvalue weighted by atomic mass is 10.2. The van der Waals surface area contributed by atoms with E-state index in [0.29, 0.717) is 18.0 Å². The summed E-state index contributed by atoms with van der Waals surface area (Å²) in [4.78, 5) is 11.9. The fourth-order valence-electron chi connectivity index (χ4n) is 1.90. The van der Waals surface area contributed by atoms with E-state index in [9.17, 15) is 4.79 Å². The van der Waals surface area contributed by atoms with Gasteiger partial charge in [0, 0.05) is 23.9 Å². The summed E-state index contributed by atoms with van der Waals surface area (Å²) >= 11 is 0. The molecule has 0 fully saturated rings. The number of carbonyl (C=O) groups excluding carboxylic acids is 1. The molecule has 5 heteroatoms. The number of hydrogen-bond donors (Lipinski definition) is 2. The molecular weight excluding hydrogens is 268 g/mol. The smallest absolute Gasteiger partial charge is 0.319 e. The van der Waals surface area contributed by atoms with Crippen molar-refractivity contribution in [3.63, 3.8) is 0 Å². The standard InChI is InChI=1S/C16H18N2O3/c1-20-14-8-5-7-13(10-14)18-16(19)17-11-12-6-3-4-9-15(12)21-2/h3-10H,11H2,1-2H3,(H2,17,18,19). The molecule has 21 heavy (non-hydrogen) atoms. The minimum Gasteiger partial charge on any atom is -0.497 e. The second kappa shape index (κ2) is 7.19. The SMILES string of the molecule is COc1cccc(NC(=O)NCc2ccccc2OC)c1. The third kappa shape index (κ3) is 4.14. The second-order valence-electron chi connectivity index (χ2n) is 4.35. The first-order chi connectivity index (χ1) is 10.2. The molecule has 0 heterocycles. The molecule has 5 nitrogen and oxygen atoms in total. The first kappa shape index (κ1) is 14.7. The quantitative estimate of drug-likeness (QED) is 0.888. The Labute approximate surface area is 123 Å². The highest BCUT2D eigenvalue weighted by Gasteiger charge is 2.05. The van der Waals surface area contributed by atoms with E-state index in [1.54, 1.807) is 26.4 Å². The molecule has 2 aromatic carbocycles. The van der Waals surface area contributed by atoms with Gasteiger partial charge in [0.05, 0.1) is 14.2 Å². The van der Waals surface area contributed by atoms with Crippen LogP contribution in [0.5, 0.6) is 11.5 Å². The second-order valence-corrected chi connectivity index (χ2v) is 4.35. The predicted molar refractivity (Wildman–Crippen MR) is 81.8 cm³/mol. The molecule has 0 saturated heterocycles. The summed E-state index contributed by atoms with van der Waals surface area (Å²) in [7, 11) is 3.19. The monoisotopic (exact) mass is 286 g/mol. The Kier molecular flexibility index (Phi) is 5.04. The van der Waals surface area contributed by atoms with Gasteiger partial charge in [-0.1, -0.05) is 24.3 Å². The lowest BCUT2D eigenvalue weighted by molar-refractivity contribution is 0.251. The third-order valence-corrected chi connectivity index (χ3v) is 2.96. The van der Waals surface area contributed by atoms with E-state index in [4.69, 9.17) is 9.47 Å². The van der Waals surface area contributed by atoms with E-state index in [0.717, 1.165) is 11.3 Å². The normalized spacial score (nSPS) is 9.81. The van der Waals surface area contributed by atoms with Gasteiger partial charge in [-0.3, -0.25) is 0 Å². The van der Waals surface area contributed by atoms with Crippen molar-refractivity contribution in [2.45, 2.75) is 6.54 Å². The molecule has 110 valence electrons. The summed E-state index contributed by atoms with van der Waals surface area (Å²) < 4.78 is 10.3. The third-order valence-electron chi connectivity index (χ3n) is 2.96. The van der Waals surface area contributed by atoms with E-state index in [2.05, 4.69) is 10.6 Å². The van der Waals surface area contributed by atoms with Gasteiger partial charge in [0.1, 0.15) is 11.5 Å². The van der Waals surface area contributed by atoms with E-state index in [1.165, 1.54) is 0 Å². The van der Waals surface area contributed by atoms with E-state index >= 15 is 0 Å². The average Bonchev–Trinajstić information content (AvgIpc) is 2.53. The number of ether oxygens (including phenoxy) is 2. The van der Waals surface area contributed by atoms with Crippen molar-refractivity contribution in [1.82, 2.24) is 5.32 Å². The Morgan fingerprint density at radius 3 is 2.62 bits per heavy atom. The molecule has 2 N–H and O–H groups in total. The maximum Gasteiger partial charge on any atom is 0.319 e. The summed E-state index contributed by atoms with van der Waals surface area (Å²) in [5, 5.41) is 5.54. The van der Waals surface area contributed by atoms with Crippen molar-refractivity contribution < 1.29 is 14.3 Å². The molecule has 0 spiro atoms. The Morgan fingerprint density at radius 1 is 1.05 bits per heavy atom. The van der Waals surface area contributed by atoms with Crippen molar-refractivity contribution in [3.05, 3.63) is 54.1 Å². The van der Waals surface area contributed by atoms with Crippen molar-refractivity contribution in [2.75, 3.05) is 19.5 Å². The van der Waals surface area contributed by atoms with Crippen LogP contribution in [0.4, 0.5) is 10.5 Å². The Hall–Kier alpha value is -2.69. The van der Waals surface area contributed by atoms with Gasteiger partial charge in [-0.2, -0.15) is 0 Å². The molecule has 0 atom stereocenters. The van der Waals surface area contributed by atoms with Crippen LogP contribution in [0.3, 0.4) is 0 Å². The number of amides is 2. The molecule has 2 rings (SSSR count). The lowest BCUT2D eigenvalue weighted by Gasteiger charge is -2.11. The lowest BCUT2D eigenvalue weighted by Crippen LogP contribution is -2.28. The Balaban J connectivity index is 1.92. The Morgan fingerprint density at radius 2 is 1.86 bits per heavy atom. The number of methoxy groups -OCH3 is 2. The van der Waals surface area contributed by atoms with Crippen LogP contribution in [0.25, 0.3) is 0 Å². The van der Waals surface area contributed by atoms with Crippen molar-refractivity contribution >= 4 is 11.7 Å². The van der Waals surface area contributed by atoms with E-state index in [1.807, 2.05) is 36.4 Å². The van der Waals surface area contributed by atoms with E-state index < -0.39 is 0 Å². The number of nitrogens with one attached hydrogen (secondary N) is 2. The van der Waals surface area contributed by atoms with Crippen LogP contribution < -0.4 is 20.1 Å². The maximum atomic E-state index is 11.9. The molecule has 2 aromatic rings. The van der Waals surface area contributed by atoms with Gasteiger partial charge in [0.15, 0.2) is 0 Å². The predicted octanol–water partition coefficient (Wildman–Crippen LogP) is 3.03. The molecule has 0 unspecified atom stereocenters. The van der Waals surface area contributed by atoms with Crippen LogP contribution in [0.15, 0.2) is 48.5 Å². The summed E-state index contributed by atoms with van der Waals surface area (Å²) in [6.45, 7) is 0.389. The van der Waals surface area contributed by atoms with E-state index in [-0.39, 0.29) is 6.03 Å². The zero-order valence-electron chi connectivity index (χ0n) is 12.1. The minimum atomic E-state index is -0.283. The van der Waals surface area contributed by atoms with Crippen LogP contribution in [-0.2, 0) is 6.54 Å². The highest BCUT2D eigenvalue weighted by Crippen LogP contribution is 2.18. The first-order valence-corrected chi connectivity index (χ1v) is 6.53. The van der Waals surface area contributed by atoms with Gasteiger partial charge in [-0.15, -0.1) is 0 Å². The van der Waals surface area contributed by atoms with Gasteiger partial charge < -0.3 is 20.1 Å². The maximum absolute atomic E-state index is 11.9. The van der Waals surface area contributed by atoms with Crippen LogP contribution in [-0.4, -0.2) is 20.3 Å². The molecule has 0 aliphatic carbocycles. The molecule has 0 bridgehead atoms. The summed E-state index contributed by atoms with van der Waals surface area (Å²) in [6.07, 6.45) is 0. The molecule has 2 amide bonds. The Bertz CT molecular complexity index is 614. The topological polar surface area (TPSA) is 59.6 Å². The number of hydrogen-bond acceptors (Lipinski definition) is 3. The first-order valence-electron chi connectivity index (χ1n) is 6.53. The largest absolute Gasteiger partial charge is 0.497 e. The number of para-hydroxylation sites is 1. The number of carbonyl (C=O) groups is 1. The van der Waals surface area contributed by atoms with Crippen LogP contribution in [0.2, 0.25) is 0 Å². The summed E-state index contributed by atoms with van der Waals surface area (Å²) in [6, 6.07) is 14.5. The molecular formula is C16H18N2O3. The molecule has 0 radical (unpaired) electrons.